The summed E-state index contributed by atoms with van der Waals surface area (Å²) in [6.07, 6.45) is 4.01. The lowest BCUT2D eigenvalue weighted by Crippen LogP contribution is -2.27. The molecule has 0 aliphatic carbocycles. The van der Waals surface area contributed by atoms with Gasteiger partial charge in [-0.2, -0.15) is 0 Å². The molecular formula is C13H23NO2. The van der Waals surface area contributed by atoms with Gasteiger partial charge in [-0.05, 0) is 25.7 Å². The summed E-state index contributed by atoms with van der Waals surface area (Å²) in [4.78, 5) is 13.8. The zero-order valence-corrected chi connectivity index (χ0v) is 10.8. The first-order chi connectivity index (χ1) is 7.58. The summed E-state index contributed by atoms with van der Waals surface area (Å²) in [5.41, 5.74) is 0.786. The highest BCUT2D eigenvalue weighted by atomic mass is 16.5. The van der Waals surface area contributed by atoms with E-state index in [1.165, 1.54) is 13.5 Å². The number of hydrogen-bond acceptors (Lipinski definition) is 3. The average Bonchev–Trinajstić information content (AvgIpc) is 2.58. The van der Waals surface area contributed by atoms with Gasteiger partial charge in [0, 0.05) is 24.7 Å². The van der Waals surface area contributed by atoms with Gasteiger partial charge in [0.05, 0.1) is 7.11 Å². The topological polar surface area (TPSA) is 29.5 Å². The Hall–Kier alpha value is -0.830. The molecular weight excluding hydrogens is 202 g/mol. The van der Waals surface area contributed by atoms with Gasteiger partial charge in [-0.15, -0.1) is 0 Å². The maximum atomic E-state index is 11.4. The van der Waals surface area contributed by atoms with Crippen LogP contribution in [-0.2, 0) is 9.53 Å². The van der Waals surface area contributed by atoms with Gasteiger partial charge in [0.15, 0.2) is 0 Å². The summed E-state index contributed by atoms with van der Waals surface area (Å²) < 4.78 is 4.74. The molecule has 0 amide bonds. The van der Waals surface area contributed by atoms with Gasteiger partial charge in [-0.3, -0.25) is 4.90 Å². The van der Waals surface area contributed by atoms with Crippen molar-refractivity contribution in [3.63, 3.8) is 0 Å². The minimum atomic E-state index is -0.192. The van der Waals surface area contributed by atoms with Crippen LogP contribution in [-0.4, -0.2) is 37.1 Å². The molecule has 1 heterocycles. The van der Waals surface area contributed by atoms with Crippen LogP contribution < -0.4 is 0 Å². The second kappa shape index (κ2) is 6.04. The van der Waals surface area contributed by atoms with Crippen molar-refractivity contribution in [1.82, 2.24) is 4.90 Å². The fourth-order valence-electron chi connectivity index (χ4n) is 2.37. The molecule has 1 aliphatic rings. The summed E-state index contributed by atoms with van der Waals surface area (Å²) in [6.45, 7) is 8.51. The molecule has 92 valence electrons. The van der Waals surface area contributed by atoms with E-state index in [0.717, 1.165) is 31.0 Å². The quantitative estimate of drug-likeness (QED) is 0.543. The highest BCUT2D eigenvalue weighted by Gasteiger charge is 2.25. The van der Waals surface area contributed by atoms with Crippen LogP contribution in [0.5, 0.6) is 0 Å². The van der Waals surface area contributed by atoms with Crippen molar-refractivity contribution >= 4 is 5.97 Å². The number of rotatable bonds is 4. The van der Waals surface area contributed by atoms with Gasteiger partial charge >= 0.3 is 5.97 Å². The highest BCUT2D eigenvalue weighted by molar-refractivity contribution is 5.88. The number of nitrogens with zero attached hydrogens (tertiary/aromatic N) is 1. The average molecular weight is 225 g/mol. The van der Waals surface area contributed by atoms with Crippen LogP contribution in [0.3, 0.4) is 0 Å². The van der Waals surface area contributed by atoms with E-state index in [0.29, 0.717) is 6.04 Å². The van der Waals surface area contributed by atoms with E-state index >= 15 is 0 Å². The number of methoxy groups -OCH3 is 1. The molecule has 0 saturated carbocycles. The Bertz CT molecular complexity index is 273. The molecule has 16 heavy (non-hydrogen) atoms. The molecule has 0 aromatic carbocycles. The zero-order valence-electron chi connectivity index (χ0n) is 10.8. The van der Waals surface area contributed by atoms with Crippen LogP contribution in [0.1, 0.15) is 33.6 Å². The number of hydrogen-bond donors (Lipinski definition) is 0. The Labute approximate surface area is 98.5 Å². The molecule has 1 aliphatic heterocycles. The lowest BCUT2D eigenvalue weighted by atomic mass is 10.1. The smallest absolute Gasteiger partial charge is 0.333 e. The van der Waals surface area contributed by atoms with Crippen LogP contribution in [0.25, 0.3) is 0 Å². The number of ether oxygens (including phenoxy) is 1. The Kier molecular flexibility index (Phi) is 5.00. The molecule has 0 aromatic rings. The van der Waals surface area contributed by atoms with E-state index in [2.05, 4.69) is 18.7 Å². The first-order valence-electron chi connectivity index (χ1n) is 6.09. The van der Waals surface area contributed by atoms with Crippen molar-refractivity contribution in [3.05, 3.63) is 11.6 Å². The van der Waals surface area contributed by atoms with E-state index in [1.54, 1.807) is 0 Å². The summed E-state index contributed by atoms with van der Waals surface area (Å²) in [6, 6.07) is 0.627. The molecule has 0 radical (unpaired) electrons. The molecule has 0 N–H and O–H groups in total. The van der Waals surface area contributed by atoms with Gasteiger partial charge in [-0.25, -0.2) is 4.79 Å². The van der Waals surface area contributed by atoms with Crippen molar-refractivity contribution in [2.45, 2.75) is 39.7 Å². The fourth-order valence-corrected chi connectivity index (χ4v) is 2.37. The largest absolute Gasteiger partial charge is 0.466 e. The fraction of sp³-hybridized carbons (Fsp3) is 0.769. The number of esters is 1. The van der Waals surface area contributed by atoms with Crippen molar-refractivity contribution in [3.8, 4) is 0 Å². The second-order valence-corrected chi connectivity index (χ2v) is 4.72. The van der Waals surface area contributed by atoms with Gasteiger partial charge in [-0.1, -0.05) is 19.9 Å². The predicted molar refractivity (Wildman–Crippen MR) is 65.2 cm³/mol. The monoisotopic (exact) mass is 225 g/mol. The maximum Gasteiger partial charge on any atom is 0.333 e. The third kappa shape index (κ3) is 3.34. The molecule has 0 bridgehead atoms. The van der Waals surface area contributed by atoms with Gasteiger partial charge < -0.3 is 4.74 Å². The second-order valence-electron chi connectivity index (χ2n) is 4.72. The van der Waals surface area contributed by atoms with Crippen LogP contribution in [0.4, 0.5) is 0 Å². The number of likely N-dealkylation sites (tertiary alicyclic amines) is 1. The van der Waals surface area contributed by atoms with Crippen LogP contribution in [0.15, 0.2) is 11.6 Å². The first-order valence-corrected chi connectivity index (χ1v) is 6.09. The molecule has 0 aromatic heterocycles. The Morgan fingerprint density at radius 1 is 1.50 bits per heavy atom. The summed E-state index contributed by atoms with van der Waals surface area (Å²) in [5, 5.41) is 0. The molecule has 2 atom stereocenters. The SMILES string of the molecule is CCC(=CCN1CC(C)CC1C)C(=O)OC. The van der Waals surface area contributed by atoms with E-state index in [9.17, 15) is 4.79 Å². The van der Waals surface area contributed by atoms with Crippen molar-refractivity contribution in [2.24, 2.45) is 5.92 Å². The normalized spacial score (nSPS) is 27.1. The molecule has 1 fully saturated rings. The van der Waals surface area contributed by atoms with Gasteiger partial charge in [0.2, 0.25) is 0 Å². The van der Waals surface area contributed by atoms with Crippen LogP contribution in [0.2, 0.25) is 0 Å². The third-order valence-corrected chi connectivity index (χ3v) is 3.31. The van der Waals surface area contributed by atoms with Crippen molar-refractivity contribution in [2.75, 3.05) is 20.2 Å². The molecule has 1 saturated heterocycles. The zero-order chi connectivity index (χ0) is 12.1. The van der Waals surface area contributed by atoms with E-state index in [4.69, 9.17) is 4.74 Å². The lowest BCUT2D eigenvalue weighted by Gasteiger charge is -2.19. The predicted octanol–water partition coefficient (Wildman–Crippen LogP) is 2.23. The summed E-state index contributed by atoms with van der Waals surface area (Å²) in [7, 11) is 1.44. The Balaban J connectivity index is 2.53. The Morgan fingerprint density at radius 2 is 2.19 bits per heavy atom. The molecule has 1 rings (SSSR count). The lowest BCUT2D eigenvalue weighted by molar-refractivity contribution is -0.136. The molecule has 3 nitrogen and oxygen atoms in total. The van der Waals surface area contributed by atoms with Gasteiger partial charge in [0.25, 0.3) is 0 Å². The minimum Gasteiger partial charge on any atom is -0.466 e. The highest BCUT2D eigenvalue weighted by Crippen LogP contribution is 2.22. The summed E-state index contributed by atoms with van der Waals surface area (Å²) in [5.74, 6) is 0.578. The Morgan fingerprint density at radius 3 is 2.62 bits per heavy atom. The maximum absolute atomic E-state index is 11.4. The molecule has 2 unspecified atom stereocenters. The molecule has 3 heteroatoms. The third-order valence-electron chi connectivity index (χ3n) is 3.31. The summed E-state index contributed by atoms with van der Waals surface area (Å²) >= 11 is 0. The molecule has 0 spiro atoms. The van der Waals surface area contributed by atoms with Crippen LogP contribution >= 0.6 is 0 Å². The van der Waals surface area contributed by atoms with Crippen molar-refractivity contribution in [1.29, 1.82) is 0 Å². The number of carbonyl (C=O) groups is 1. The van der Waals surface area contributed by atoms with Gasteiger partial charge in [0.1, 0.15) is 0 Å². The first kappa shape index (κ1) is 13.2. The number of carbonyl (C=O) groups excluding carboxylic acids is 1. The standard InChI is InChI=1S/C13H23NO2/c1-5-12(13(15)16-4)6-7-14-9-10(2)8-11(14)3/h6,10-11H,5,7-9H2,1-4H3. The van der Waals surface area contributed by atoms with E-state index in [1.807, 2.05) is 13.0 Å². The van der Waals surface area contributed by atoms with E-state index in [-0.39, 0.29) is 5.97 Å². The van der Waals surface area contributed by atoms with Crippen LogP contribution in [0, 0.1) is 5.92 Å². The van der Waals surface area contributed by atoms with E-state index < -0.39 is 0 Å². The minimum absolute atomic E-state index is 0.192. The van der Waals surface area contributed by atoms with Crippen molar-refractivity contribution < 1.29 is 9.53 Å².